The molecule has 8 nitrogen and oxygen atoms in total. The number of anilines is 1. The summed E-state index contributed by atoms with van der Waals surface area (Å²) in [6.45, 7) is 2.03. The number of fused-ring (bicyclic) bond motifs is 1. The van der Waals surface area contributed by atoms with Crippen LogP contribution < -0.4 is 11.1 Å². The van der Waals surface area contributed by atoms with E-state index in [1.54, 1.807) is 36.4 Å². The highest BCUT2D eigenvalue weighted by atomic mass is 35.5. The zero-order valence-electron chi connectivity index (χ0n) is 19.6. The van der Waals surface area contributed by atoms with Crippen LogP contribution in [-0.4, -0.2) is 35.0 Å². The molecule has 0 aromatic heterocycles. The first-order valence-corrected chi connectivity index (χ1v) is 12.4. The fourth-order valence-corrected chi connectivity index (χ4v) is 5.76. The number of carbonyl (C=O) groups is 3. The fourth-order valence-electron chi connectivity index (χ4n) is 4.19. The Kier molecular flexibility index (Phi) is 7.38. The zero-order chi connectivity index (χ0) is 26.0. The number of methoxy groups -OCH3 is 1. The number of esters is 1. The van der Waals surface area contributed by atoms with E-state index in [0.717, 1.165) is 28.6 Å². The van der Waals surface area contributed by atoms with Crippen molar-refractivity contribution >= 4 is 46.8 Å². The van der Waals surface area contributed by atoms with Gasteiger partial charge in [-0.15, -0.1) is 0 Å². The maximum absolute atomic E-state index is 13.8. The molecule has 36 heavy (non-hydrogen) atoms. The van der Waals surface area contributed by atoms with E-state index >= 15 is 0 Å². The molecule has 2 aromatic rings. The first-order chi connectivity index (χ1) is 17.3. The Bertz CT molecular complexity index is 1350. The van der Waals surface area contributed by atoms with Gasteiger partial charge in [-0.05, 0) is 35.7 Å². The van der Waals surface area contributed by atoms with Crippen LogP contribution in [0, 0.1) is 11.3 Å². The van der Waals surface area contributed by atoms with Gasteiger partial charge in [0.2, 0.25) is 5.91 Å². The monoisotopic (exact) mass is 522 g/mol. The van der Waals surface area contributed by atoms with Gasteiger partial charge < -0.3 is 15.8 Å². The summed E-state index contributed by atoms with van der Waals surface area (Å²) in [5, 5.41) is 12.7. The summed E-state index contributed by atoms with van der Waals surface area (Å²) in [6.07, 6.45) is 0.641. The highest BCUT2D eigenvalue weighted by molar-refractivity contribution is 8.04. The lowest BCUT2D eigenvalue weighted by molar-refractivity contribution is -0.142. The van der Waals surface area contributed by atoms with Crippen LogP contribution in [0.3, 0.4) is 0 Å². The molecule has 2 aliphatic heterocycles. The average Bonchev–Trinajstić information content (AvgIpc) is 3.20. The molecule has 2 aliphatic rings. The second-order valence-electron chi connectivity index (χ2n) is 8.15. The van der Waals surface area contributed by atoms with Crippen LogP contribution in [0.25, 0.3) is 0 Å². The standard InChI is InChI=1S/C26H23ClN4O4S/c1-3-14-8-10-15(11-9-14)30-24(33)22-21(16-6-4-5-7-18(16)27)17(13-28)23(29)31-25(34)19(36-26(22)31)12-20(32)35-2/h4-11,19,21H,3,12,29H2,1-2H3,(H,30,33). The van der Waals surface area contributed by atoms with E-state index in [-0.39, 0.29) is 28.4 Å². The van der Waals surface area contributed by atoms with Crippen molar-refractivity contribution < 1.29 is 19.1 Å². The molecule has 10 heteroatoms. The SMILES string of the molecule is CCc1ccc(NC(=O)C2=C3SC(CC(=O)OC)C(=O)N3C(N)=C(C#N)C2c2ccccc2Cl)cc1. The average molecular weight is 523 g/mol. The molecule has 2 unspecified atom stereocenters. The van der Waals surface area contributed by atoms with Crippen molar-refractivity contribution in [1.82, 2.24) is 4.90 Å². The maximum atomic E-state index is 13.8. The lowest BCUT2D eigenvalue weighted by atomic mass is 9.82. The summed E-state index contributed by atoms with van der Waals surface area (Å²) in [5.74, 6) is -2.59. The lowest BCUT2D eigenvalue weighted by Crippen LogP contribution is -2.39. The number of allylic oxidation sites excluding steroid dienone is 1. The second kappa shape index (κ2) is 10.5. The molecule has 2 heterocycles. The molecule has 2 atom stereocenters. The molecule has 4 rings (SSSR count). The van der Waals surface area contributed by atoms with Gasteiger partial charge in [0.1, 0.15) is 11.1 Å². The number of nitriles is 1. The van der Waals surface area contributed by atoms with Crippen molar-refractivity contribution in [2.24, 2.45) is 5.73 Å². The van der Waals surface area contributed by atoms with Crippen molar-refractivity contribution in [1.29, 1.82) is 5.26 Å². The smallest absolute Gasteiger partial charge is 0.307 e. The summed E-state index contributed by atoms with van der Waals surface area (Å²) in [5.41, 5.74) is 8.67. The van der Waals surface area contributed by atoms with E-state index in [0.29, 0.717) is 16.3 Å². The Labute approximate surface area is 217 Å². The number of thioether (sulfide) groups is 1. The molecule has 1 saturated heterocycles. The molecule has 0 radical (unpaired) electrons. The Morgan fingerprint density at radius 3 is 2.53 bits per heavy atom. The third kappa shape index (κ3) is 4.57. The van der Waals surface area contributed by atoms with Crippen LogP contribution >= 0.6 is 23.4 Å². The highest BCUT2D eigenvalue weighted by Crippen LogP contribution is 2.50. The minimum absolute atomic E-state index is 0.0194. The van der Waals surface area contributed by atoms with E-state index in [4.69, 9.17) is 22.1 Å². The minimum Gasteiger partial charge on any atom is -0.469 e. The van der Waals surface area contributed by atoms with Gasteiger partial charge in [-0.1, -0.05) is 60.6 Å². The Hall–Kier alpha value is -3.74. The van der Waals surface area contributed by atoms with Gasteiger partial charge in [0.15, 0.2) is 0 Å². The number of hydrogen-bond acceptors (Lipinski definition) is 7. The van der Waals surface area contributed by atoms with Gasteiger partial charge in [-0.2, -0.15) is 5.26 Å². The van der Waals surface area contributed by atoms with E-state index in [1.807, 2.05) is 19.1 Å². The molecule has 3 N–H and O–H groups in total. The number of rotatable bonds is 6. The van der Waals surface area contributed by atoms with E-state index < -0.39 is 29.0 Å². The number of aryl methyl sites for hydroxylation is 1. The number of amides is 2. The van der Waals surface area contributed by atoms with E-state index in [9.17, 15) is 19.6 Å². The molecule has 0 aliphatic carbocycles. The molecule has 1 fully saturated rings. The van der Waals surface area contributed by atoms with Crippen molar-refractivity contribution in [2.45, 2.75) is 30.9 Å². The number of hydrogen-bond donors (Lipinski definition) is 2. The van der Waals surface area contributed by atoms with Crippen LogP contribution in [0.1, 0.15) is 30.4 Å². The molecule has 0 bridgehead atoms. The van der Waals surface area contributed by atoms with Gasteiger partial charge in [-0.3, -0.25) is 19.3 Å². The Morgan fingerprint density at radius 1 is 1.22 bits per heavy atom. The van der Waals surface area contributed by atoms with Crippen molar-refractivity contribution in [3.05, 3.63) is 86.7 Å². The summed E-state index contributed by atoms with van der Waals surface area (Å²) in [6, 6.07) is 16.3. The number of ether oxygens (including phenoxy) is 1. The van der Waals surface area contributed by atoms with Gasteiger partial charge in [0, 0.05) is 10.7 Å². The maximum Gasteiger partial charge on any atom is 0.307 e. The lowest BCUT2D eigenvalue weighted by Gasteiger charge is -2.32. The Balaban J connectivity index is 1.86. The van der Waals surface area contributed by atoms with Gasteiger partial charge in [0.25, 0.3) is 5.91 Å². The molecule has 2 amide bonds. The summed E-state index contributed by atoms with van der Waals surface area (Å²) < 4.78 is 4.73. The Morgan fingerprint density at radius 2 is 1.92 bits per heavy atom. The number of nitrogens with zero attached hydrogens (tertiary/aromatic N) is 2. The molecular formula is C26H23ClN4O4S. The van der Waals surface area contributed by atoms with Crippen molar-refractivity contribution in [3.8, 4) is 6.07 Å². The number of carbonyl (C=O) groups excluding carboxylic acids is 3. The summed E-state index contributed by atoms with van der Waals surface area (Å²) in [7, 11) is 1.23. The number of benzene rings is 2. The predicted molar refractivity (Wildman–Crippen MR) is 137 cm³/mol. The van der Waals surface area contributed by atoms with E-state index in [2.05, 4.69) is 11.4 Å². The van der Waals surface area contributed by atoms with Crippen LogP contribution in [0.5, 0.6) is 0 Å². The largest absolute Gasteiger partial charge is 0.469 e. The quantitative estimate of drug-likeness (QED) is 0.548. The first-order valence-electron chi connectivity index (χ1n) is 11.2. The number of nitrogens with one attached hydrogen (secondary N) is 1. The van der Waals surface area contributed by atoms with Crippen LogP contribution in [0.4, 0.5) is 5.69 Å². The highest BCUT2D eigenvalue weighted by Gasteiger charge is 2.48. The molecular weight excluding hydrogens is 500 g/mol. The molecule has 0 saturated carbocycles. The van der Waals surface area contributed by atoms with Gasteiger partial charge >= 0.3 is 5.97 Å². The molecule has 2 aromatic carbocycles. The number of halogens is 1. The van der Waals surface area contributed by atoms with Crippen LogP contribution in [0.15, 0.2) is 70.5 Å². The molecule has 184 valence electrons. The first kappa shape index (κ1) is 25.4. The van der Waals surface area contributed by atoms with Crippen molar-refractivity contribution in [2.75, 3.05) is 12.4 Å². The van der Waals surface area contributed by atoms with Gasteiger partial charge in [-0.25, -0.2) is 0 Å². The zero-order valence-corrected chi connectivity index (χ0v) is 21.2. The topological polar surface area (TPSA) is 126 Å². The minimum atomic E-state index is -0.915. The normalized spacial score (nSPS) is 19.2. The fraction of sp³-hybridized carbons (Fsp3) is 0.231. The summed E-state index contributed by atoms with van der Waals surface area (Å²) in [4.78, 5) is 40.1. The van der Waals surface area contributed by atoms with E-state index in [1.165, 1.54) is 7.11 Å². The second-order valence-corrected chi connectivity index (χ2v) is 9.75. The third-order valence-corrected chi connectivity index (χ3v) is 7.68. The molecule has 0 spiro atoms. The van der Waals surface area contributed by atoms with Crippen LogP contribution in [-0.2, 0) is 25.5 Å². The third-order valence-electron chi connectivity index (χ3n) is 6.06. The predicted octanol–water partition coefficient (Wildman–Crippen LogP) is 4.05. The summed E-state index contributed by atoms with van der Waals surface area (Å²) >= 11 is 7.55. The number of nitrogens with two attached hydrogens (primary N) is 1. The van der Waals surface area contributed by atoms with Crippen LogP contribution in [0.2, 0.25) is 5.02 Å². The van der Waals surface area contributed by atoms with Crippen molar-refractivity contribution in [3.63, 3.8) is 0 Å². The van der Waals surface area contributed by atoms with Gasteiger partial charge in [0.05, 0.1) is 41.7 Å².